The summed E-state index contributed by atoms with van der Waals surface area (Å²) in [6.07, 6.45) is 2.49. The van der Waals surface area contributed by atoms with Crippen LogP contribution >= 0.6 is 0 Å². The van der Waals surface area contributed by atoms with E-state index in [0.29, 0.717) is 29.3 Å². The van der Waals surface area contributed by atoms with Gasteiger partial charge in [0.2, 0.25) is 0 Å². The summed E-state index contributed by atoms with van der Waals surface area (Å²) >= 11 is 0. The van der Waals surface area contributed by atoms with E-state index in [1.54, 1.807) is 6.07 Å². The molecule has 2 bridgehead atoms. The zero-order valence-electron chi connectivity index (χ0n) is 19.9. The Hall–Kier alpha value is -3.45. The fourth-order valence-electron chi connectivity index (χ4n) is 6.23. The molecule has 1 aromatic heterocycles. The highest BCUT2D eigenvalue weighted by molar-refractivity contribution is 5.93. The van der Waals surface area contributed by atoms with E-state index in [0.717, 1.165) is 60.4 Å². The molecule has 1 aliphatic carbocycles. The van der Waals surface area contributed by atoms with Gasteiger partial charge in [-0.05, 0) is 22.3 Å². The molecule has 4 aliphatic rings. The largest absolute Gasteiger partial charge is 0.455 e. The van der Waals surface area contributed by atoms with Gasteiger partial charge in [-0.15, -0.1) is 0 Å². The molecule has 1 N–H and O–H groups in total. The molecule has 3 aliphatic heterocycles. The first-order valence-corrected chi connectivity index (χ1v) is 12.5. The lowest BCUT2D eigenvalue weighted by Crippen LogP contribution is -2.66. The number of fused-ring (bicyclic) bond motifs is 6. The average molecular weight is 473 g/mol. The van der Waals surface area contributed by atoms with Gasteiger partial charge in [0.1, 0.15) is 18.2 Å². The fourth-order valence-corrected chi connectivity index (χ4v) is 6.23. The van der Waals surface area contributed by atoms with Crippen LogP contribution in [0.2, 0.25) is 0 Å². The summed E-state index contributed by atoms with van der Waals surface area (Å²) < 4.78 is 12.1. The molecule has 3 saturated heterocycles. The highest BCUT2D eigenvalue weighted by atomic mass is 16.5. The van der Waals surface area contributed by atoms with E-state index >= 15 is 0 Å². The first-order valence-electron chi connectivity index (χ1n) is 12.5. The maximum absolute atomic E-state index is 13.6. The molecular weight excluding hydrogens is 442 g/mol. The summed E-state index contributed by atoms with van der Waals surface area (Å²) in [4.78, 5) is 26.4. The summed E-state index contributed by atoms with van der Waals surface area (Å²) in [5.41, 5.74) is 4.25. The van der Waals surface area contributed by atoms with Crippen molar-refractivity contribution < 1.29 is 23.3 Å². The Morgan fingerprint density at radius 2 is 1.71 bits per heavy atom. The Morgan fingerprint density at radius 1 is 1.06 bits per heavy atom. The maximum atomic E-state index is 13.6. The van der Waals surface area contributed by atoms with Crippen LogP contribution in [0.4, 0.5) is 5.82 Å². The number of hydrogen-bond acceptors (Lipinski definition) is 5. The Kier molecular flexibility index (Phi) is 5.44. The van der Waals surface area contributed by atoms with Crippen LogP contribution in [-0.4, -0.2) is 53.8 Å². The van der Waals surface area contributed by atoms with Crippen LogP contribution in [0.25, 0.3) is 11.1 Å². The summed E-state index contributed by atoms with van der Waals surface area (Å²) in [7, 11) is 0. The third-order valence-corrected chi connectivity index (χ3v) is 8.03. The number of rotatable bonds is 6. The molecule has 4 heterocycles. The van der Waals surface area contributed by atoms with Gasteiger partial charge in [0.05, 0.1) is 13.1 Å². The van der Waals surface area contributed by atoms with Crippen LogP contribution in [0.1, 0.15) is 42.6 Å². The number of nitrogens with one attached hydrogen (secondary N) is 1. The molecule has 1 atom stereocenters. The highest BCUT2D eigenvalue weighted by Crippen LogP contribution is 2.46. The number of quaternary nitrogens is 1. The molecule has 2 aromatic carbocycles. The minimum atomic E-state index is -0.394. The standard InChI is InChI=1S/C28H29N3O4/c1-2-19-15-25(30-35-19)29-26(32)17-31-13-11-18(12-14-31)24(16-31)34-28(33)27-22-9-5-3-7-20(22)21-8-4-6-10-23(21)27/h3-10,15,18,24,27H,2,11-14,16-17H2,1H3/p+1/t18?,24-,31?/m0/s1. The molecule has 35 heavy (non-hydrogen) atoms. The second-order valence-electron chi connectivity index (χ2n) is 10.1. The van der Waals surface area contributed by atoms with Crippen molar-refractivity contribution in [3.8, 4) is 11.1 Å². The summed E-state index contributed by atoms with van der Waals surface area (Å²) in [5.74, 6) is 0.904. The topological polar surface area (TPSA) is 81.4 Å². The fraction of sp³-hybridized carbons (Fsp3) is 0.393. The van der Waals surface area contributed by atoms with E-state index in [1.807, 2.05) is 43.3 Å². The zero-order chi connectivity index (χ0) is 24.0. The molecule has 0 spiro atoms. The van der Waals surface area contributed by atoms with Gasteiger partial charge in [-0.1, -0.05) is 60.6 Å². The quantitative estimate of drug-likeness (QED) is 0.431. The molecule has 7 heteroatoms. The summed E-state index contributed by atoms with van der Waals surface area (Å²) in [6, 6.07) is 18.0. The van der Waals surface area contributed by atoms with Gasteiger partial charge in [-0.25, -0.2) is 0 Å². The van der Waals surface area contributed by atoms with Gasteiger partial charge in [0, 0.05) is 31.2 Å². The lowest BCUT2D eigenvalue weighted by Gasteiger charge is -2.51. The number of carbonyl (C=O) groups excluding carboxylic acids is 2. The van der Waals surface area contributed by atoms with Gasteiger partial charge < -0.3 is 19.1 Å². The van der Waals surface area contributed by atoms with E-state index in [2.05, 4.69) is 22.6 Å². The van der Waals surface area contributed by atoms with Crippen molar-refractivity contribution in [2.24, 2.45) is 5.92 Å². The molecule has 3 fully saturated rings. The van der Waals surface area contributed by atoms with Crippen LogP contribution in [0.3, 0.4) is 0 Å². The monoisotopic (exact) mass is 472 g/mol. The smallest absolute Gasteiger partial charge is 0.318 e. The molecule has 3 aromatic rings. The minimum Gasteiger partial charge on any atom is -0.455 e. The highest BCUT2D eigenvalue weighted by Gasteiger charge is 2.49. The minimum absolute atomic E-state index is 0.0787. The lowest BCUT2D eigenvalue weighted by atomic mass is 9.83. The predicted octanol–water partition coefficient (Wildman–Crippen LogP) is 4.14. The number of ether oxygens (including phenoxy) is 1. The van der Waals surface area contributed by atoms with Gasteiger partial charge in [0.15, 0.2) is 18.5 Å². The molecular formula is C28H30N3O4+. The van der Waals surface area contributed by atoms with Crippen molar-refractivity contribution in [3.63, 3.8) is 0 Å². The third-order valence-electron chi connectivity index (χ3n) is 8.03. The summed E-state index contributed by atoms with van der Waals surface area (Å²) in [6.45, 7) is 4.87. The molecule has 180 valence electrons. The molecule has 0 saturated carbocycles. The second kappa shape index (κ2) is 8.64. The normalized spacial score (nSPS) is 24.6. The molecule has 0 unspecified atom stereocenters. The molecule has 7 nitrogen and oxygen atoms in total. The van der Waals surface area contributed by atoms with Crippen molar-refractivity contribution in [1.82, 2.24) is 5.16 Å². The van der Waals surface area contributed by atoms with E-state index in [-0.39, 0.29) is 18.0 Å². The number of esters is 1. The number of aryl methyl sites for hydroxylation is 1. The number of nitrogens with zero attached hydrogens (tertiary/aromatic N) is 2. The molecule has 1 amide bonds. The van der Waals surface area contributed by atoms with E-state index in [9.17, 15) is 9.59 Å². The predicted molar refractivity (Wildman–Crippen MR) is 131 cm³/mol. The number of hydrogen-bond donors (Lipinski definition) is 1. The first kappa shape index (κ1) is 22.0. The number of piperidine rings is 3. The van der Waals surface area contributed by atoms with Crippen molar-refractivity contribution in [2.75, 3.05) is 31.5 Å². The zero-order valence-corrected chi connectivity index (χ0v) is 19.9. The number of anilines is 1. The number of benzene rings is 2. The first-order chi connectivity index (χ1) is 17.0. The van der Waals surface area contributed by atoms with Crippen LogP contribution in [0, 0.1) is 5.92 Å². The van der Waals surface area contributed by atoms with E-state index < -0.39 is 5.92 Å². The molecule has 0 radical (unpaired) electrons. The Labute approximate surface area is 204 Å². The second-order valence-corrected chi connectivity index (χ2v) is 10.1. The van der Waals surface area contributed by atoms with Crippen molar-refractivity contribution >= 4 is 17.7 Å². The van der Waals surface area contributed by atoms with Crippen molar-refractivity contribution in [2.45, 2.75) is 38.2 Å². The van der Waals surface area contributed by atoms with Crippen molar-refractivity contribution in [3.05, 3.63) is 71.5 Å². The SMILES string of the molecule is CCc1cc(NC(=O)C[N+]23CCC(CC2)[C@@H](OC(=O)C2c4ccccc4-c4ccccc42)C3)no1. The van der Waals surface area contributed by atoms with Crippen molar-refractivity contribution in [1.29, 1.82) is 0 Å². The van der Waals surface area contributed by atoms with Crippen LogP contribution in [0.15, 0.2) is 59.1 Å². The lowest BCUT2D eigenvalue weighted by molar-refractivity contribution is -0.938. The number of amides is 1. The maximum Gasteiger partial charge on any atom is 0.318 e. The third kappa shape index (κ3) is 3.93. The van der Waals surface area contributed by atoms with Gasteiger partial charge in [-0.2, -0.15) is 0 Å². The van der Waals surface area contributed by atoms with Gasteiger partial charge in [-0.3, -0.25) is 9.59 Å². The Morgan fingerprint density at radius 3 is 2.34 bits per heavy atom. The van der Waals surface area contributed by atoms with Crippen LogP contribution in [-0.2, 0) is 20.7 Å². The Bertz CT molecular complexity index is 1230. The van der Waals surface area contributed by atoms with Gasteiger partial charge in [0.25, 0.3) is 5.91 Å². The van der Waals surface area contributed by atoms with Crippen LogP contribution in [0.5, 0.6) is 0 Å². The number of carbonyl (C=O) groups is 2. The molecule has 7 rings (SSSR count). The summed E-state index contributed by atoms with van der Waals surface area (Å²) in [5, 5.41) is 6.81. The average Bonchev–Trinajstić information content (AvgIpc) is 3.46. The van der Waals surface area contributed by atoms with Crippen LogP contribution < -0.4 is 5.32 Å². The Balaban J connectivity index is 1.17. The number of aromatic nitrogens is 1. The van der Waals surface area contributed by atoms with E-state index in [4.69, 9.17) is 9.26 Å². The van der Waals surface area contributed by atoms with E-state index in [1.165, 1.54) is 0 Å². The van der Waals surface area contributed by atoms with Gasteiger partial charge >= 0.3 is 5.97 Å².